The molecule has 4 heteroatoms. The Bertz CT molecular complexity index is 400. The van der Waals surface area contributed by atoms with E-state index in [0.717, 1.165) is 5.69 Å². The molecule has 1 aliphatic heterocycles. The van der Waals surface area contributed by atoms with Crippen molar-refractivity contribution in [1.29, 1.82) is 0 Å². The number of nitrogens with zero attached hydrogens (tertiary/aromatic N) is 1. The zero-order valence-corrected chi connectivity index (χ0v) is 10.1. The Hall–Kier alpha value is -1.55. The van der Waals surface area contributed by atoms with E-state index in [9.17, 15) is 4.79 Å². The van der Waals surface area contributed by atoms with Crippen LogP contribution in [0.3, 0.4) is 0 Å². The molecular formula is C13H17NO3. The minimum absolute atomic E-state index is 0.133. The first kappa shape index (κ1) is 11.9. The van der Waals surface area contributed by atoms with Crippen LogP contribution in [0.5, 0.6) is 0 Å². The predicted molar refractivity (Wildman–Crippen MR) is 65.2 cm³/mol. The molecule has 2 rings (SSSR count). The van der Waals surface area contributed by atoms with Crippen molar-refractivity contribution in [2.45, 2.75) is 25.9 Å². The second-order valence-corrected chi connectivity index (χ2v) is 4.55. The lowest BCUT2D eigenvalue weighted by atomic mass is 10.0. The molecule has 1 fully saturated rings. The number of carbonyl (C=O) groups is 1. The first-order valence-electron chi connectivity index (χ1n) is 5.80. The topological polar surface area (TPSA) is 49.8 Å². The maximum Gasteiger partial charge on any atom is 0.414 e. The zero-order chi connectivity index (χ0) is 12.4. The number of aliphatic hydroxyl groups excluding tert-OH is 1. The van der Waals surface area contributed by atoms with Crippen molar-refractivity contribution in [3.8, 4) is 0 Å². The molecule has 17 heavy (non-hydrogen) atoms. The van der Waals surface area contributed by atoms with Crippen molar-refractivity contribution in [3.05, 3.63) is 29.8 Å². The van der Waals surface area contributed by atoms with Crippen LogP contribution < -0.4 is 4.90 Å². The van der Waals surface area contributed by atoms with Gasteiger partial charge in [-0.1, -0.05) is 26.0 Å². The minimum Gasteiger partial charge on any atom is -0.441 e. The van der Waals surface area contributed by atoms with Gasteiger partial charge in [-0.25, -0.2) is 4.79 Å². The van der Waals surface area contributed by atoms with Crippen LogP contribution in [-0.4, -0.2) is 30.5 Å². The normalized spacial score (nSPS) is 19.9. The number of cyclic esters (lactones) is 1. The number of aliphatic hydroxyl groups is 1. The van der Waals surface area contributed by atoms with Crippen LogP contribution in [0.15, 0.2) is 24.3 Å². The van der Waals surface area contributed by atoms with Crippen LogP contribution in [0.4, 0.5) is 10.5 Å². The number of anilines is 1. The first-order valence-corrected chi connectivity index (χ1v) is 5.80. The van der Waals surface area contributed by atoms with E-state index < -0.39 is 6.10 Å². The third kappa shape index (κ3) is 2.42. The summed E-state index contributed by atoms with van der Waals surface area (Å²) in [6.07, 6.45) is -0.798. The fraction of sp³-hybridized carbons (Fsp3) is 0.462. The fourth-order valence-electron chi connectivity index (χ4n) is 1.87. The molecule has 0 aromatic heterocycles. The van der Waals surface area contributed by atoms with Crippen molar-refractivity contribution >= 4 is 11.8 Å². The van der Waals surface area contributed by atoms with Gasteiger partial charge in [-0.05, 0) is 23.6 Å². The molecule has 0 aliphatic carbocycles. The fourth-order valence-corrected chi connectivity index (χ4v) is 1.87. The third-order valence-corrected chi connectivity index (χ3v) is 2.95. The Morgan fingerprint density at radius 1 is 1.41 bits per heavy atom. The van der Waals surface area contributed by atoms with Gasteiger partial charge in [0.2, 0.25) is 0 Å². The summed E-state index contributed by atoms with van der Waals surface area (Å²) in [6.45, 7) is 4.53. The van der Waals surface area contributed by atoms with Crippen LogP contribution in [0.25, 0.3) is 0 Å². The van der Waals surface area contributed by atoms with Crippen molar-refractivity contribution in [2.75, 3.05) is 18.1 Å². The molecule has 1 atom stereocenters. The molecule has 1 aliphatic rings. The smallest absolute Gasteiger partial charge is 0.414 e. The lowest BCUT2D eigenvalue weighted by Gasteiger charge is -2.14. The molecule has 1 heterocycles. The molecule has 1 saturated heterocycles. The highest BCUT2D eigenvalue weighted by molar-refractivity contribution is 5.89. The lowest BCUT2D eigenvalue weighted by molar-refractivity contribution is 0.0963. The number of hydrogen-bond donors (Lipinski definition) is 1. The Labute approximate surface area is 101 Å². The molecule has 1 aromatic rings. The van der Waals surface area contributed by atoms with E-state index in [2.05, 4.69) is 13.8 Å². The Balaban J connectivity index is 2.15. The van der Waals surface area contributed by atoms with E-state index in [1.54, 1.807) is 4.90 Å². The average Bonchev–Trinajstić information content (AvgIpc) is 2.71. The standard InChI is InChI=1S/C13H17NO3/c1-9(2)10-3-5-11(6-4-10)14-7-12(8-15)17-13(14)16/h3-6,9,12,15H,7-8H2,1-2H3/t12-/m0/s1. The van der Waals surface area contributed by atoms with Gasteiger partial charge in [-0.15, -0.1) is 0 Å². The van der Waals surface area contributed by atoms with Crippen LogP contribution >= 0.6 is 0 Å². The van der Waals surface area contributed by atoms with Crippen LogP contribution in [0.2, 0.25) is 0 Å². The summed E-state index contributed by atoms with van der Waals surface area (Å²) < 4.78 is 4.99. The number of carbonyl (C=O) groups excluding carboxylic acids is 1. The molecule has 0 unspecified atom stereocenters. The number of hydrogen-bond acceptors (Lipinski definition) is 3. The van der Waals surface area contributed by atoms with E-state index in [0.29, 0.717) is 12.5 Å². The van der Waals surface area contributed by atoms with Crippen LogP contribution in [-0.2, 0) is 4.74 Å². The van der Waals surface area contributed by atoms with Gasteiger partial charge >= 0.3 is 6.09 Å². The van der Waals surface area contributed by atoms with Crippen molar-refractivity contribution in [3.63, 3.8) is 0 Å². The second kappa shape index (κ2) is 4.75. The van der Waals surface area contributed by atoms with Gasteiger partial charge in [0.25, 0.3) is 0 Å². The molecule has 0 bridgehead atoms. The molecule has 1 aromatic carbocycles. The van der Waals surface area contributed by atoms with E-state index in [4.69, 9.17) is 9.84 Å². The monoisotopic (exact) mass is 235 g/mol. The minimum atomic E-state index is -0.410. The lowest BCUT2D eigenvalue weighted by Crippen LogP contribution is -2.25. The summed E-state index contributed by atoms with van der Waals surface area (Å²) in [5, 5.41) is 8.96. The Kier molecular flexibility index (Phi) is 3.33. The van der Waals surface area contributed by atoms with Gasteiger partial charge in [0, 0.05) is 5.69 Å². The SMILES string of the molecule is CC(C)c1ccc(N2C[C@@H](CO)OC2=O)cc1. The van der Waals surface area contributed by atoms with Gasteiger partial charge in [-0.2, -0.15) is 0 Å². The molecule has 4 nitrogen and oxygen atoms in total. The highest BCUT2D eigenvalue weighted by Gasteiger charge is 2.31. The summed E-state index contributed by atoms with van der Waals surface area (Å²) in [4.78, 5) is 13.1. The van der Waals surface area contributed by atoms with Crippen molar-refractivity contribution in [1.82, 2.24) is 0 Å². The summed E-state index contributed by atoms with van der Waals surface area (Å²) in [5.74, 6) is 0.472. The summed E-state index contributed by atoms with van der Waals surface area (Å²) in [5.41, 5.74) is 2.05. The summed E-state index contributed by atoms with van der Waals surface area (Å²) in [7, 11) is 0. The van der Waals surface area contributed by atoms with Gasteiger partial charge < -0.3 is 9.84 Å². The Morgan fingerprint density at radius 2 is 2.06 bits per heavy atom. The zero-order valence-electron chi connectivity index (χ0n) is 10.1. The van der Waals surface area contributed by atoms with Crippen molar-refractivity contribution < 1.29 is 14.6 Å². The molecule has 1 amide bonds. The highest BCUT2D eigenvalue weighted by atomic mass is 16.6. The Morgan fingerprint density at radius 3 is 2.53 bits per heavy atom. The van der Waals surface area contributed by atoms with E-state index in [-0.39, 0.29) is 12.7 Å². The van der Waals surface area contributed by atoms with Gasteiger partial charge in [0.15, 0.2) is 0 Å². The van der Waals surface area contributed by atoms with Crippen LogP contribution in [0.1, 0.15) is 25.3 Å². The van der Waals surface area contributed by atoms with E-state index in [1.165, 1.54) is 5.56 Å². The third-order valence-electron chi connectivity index (χ3n) is 2.95. The molecule has 1 N–H and O–H groups in total. The van der Waals surface area contributed by atoms with Gasteiger partial charge in [-0.3, -0.25) is 4.90 Å². The number of ether oxygens (including phenoxy) is 1. The predicted octanol–water partition coefficient (Wildman–Crippen LogP) is 2.13. The van der Waals surface area contributed by atoms with E-state index >= 15 is 0 Å². The number of amides is 1. The number of rotatable bonds is 3. The van der Waals surface area contributed by atoms with Crippen molar-refractivity contribution in [2.24, 2.45) is 0 Å². The summed E-state index contributed by atoms with van der Waals surface area (Å²) >= 11 is 0. The summed E-state index contributed by atoms with van der Waals surface area (Å²) in [6, 6.07) is 7.85. The first-order chi connectivity index (χ1) is 8.11. The van der Waals surface area contributed by atoms with Gasteiger partial charge in [0.05, 0.1) is 13.2 Å². The number of benzene rings is 1. The van der Waals surface area contributed by atoms with Gasteiger partial charge in [0.1, 0.15) is 6.10 Å². The molecule has 0 saturated carbocycles. The molecule has 0 radical (unpaired) electrons. The average molecular weight is 235 g/mol. The van der Waals surface area contributed by atoms with E-state index in [1.807, 2.05) is 24.3 Å². The quantitative estimate of drug-likeness (QED) is 0.873. The molecule has 0 spiro atoms. The second-order valence-electron chi connectivity index (χ2n) is 4.55. The largest absolute Gasteiger partial charge is 0.441 e. The molecule has 92 valence electrons. The molecular weight excluding hydrogens is 218 g/mol. The highest BCUT2D eigenvalue weighted by Crippen LogP contribution is 2.24. The van der Waals surface area contributed by atoms with Crippen LogP contribution in [0, 0.1) is 0 Å². The maximum absolute atomic E-state index is 11.6. The maximum atomic E-state index is 11.6.